The lowest BCUT2D eigenvalue weighted by Gasteiger charge is -2.33. The summed E-state index contributed by atoms with van der Waals surface area (Å²) in [5.74, 6) is 0.0288. The van der Waals surface area contributed by atoms with Crippen LogP contribution in [0, 0.1) is 0 Å². The number of pyridine rings is 1. The second kappa shape index (κ2) is 5.21. The lowest BCUT2D eigenvalue weighted by molar-refractivity contribution is 0.0675. The topological polar surface area (TPSA) is 33.2 Å². The molecule has 0 aliphatic carbocycles. The Morgan fingerprint density at radius 1 is 1.27 bits per heavy atom. The van der Waals surface area contributed by atoms with Gasteiger partial charge in [-0.25, -0.2) is 0 Å². The van der Waals surface area contributed by atoms with Gasteiger partial charge in [0.2, 0.25) is 0 Å². The van der Waals surface area contributed by atoms with Gasteiger partial charge in [-0.15, -0.1) is 11.3 Å². The molecule has 0 saturated carbocycles. The van der Waals surface area contributed by atoms with Gasteiger partial charge in [0.25, 0.3) is 5.91 Å². The van der Waals surface area contributed by atoms with Crippen LogP contribution in [0.25, 0.3) is 10.8 Å². The second-order valence-electron chi connectivity index (χ2n) is 5.60. The Kier molecular flexibility index (Phi) is 3.19. The van der Waals surface area contributed by atoms with Crippen LogP contribution in [0.4, 0.5) is 0 Å². The summed E-state index contributed by atoms with van der Waals surface area (Å²) in [4.78, 5) is 20.7. The Labute approximate surface area is 133 Å². The third-order valence-electron chi connectivity index (χ3n) is 4.41. The molecule has 110 valence electrons. The van der Waals surface area contributed by atoms with Gasteiger partial charge in [-0.3, -0.25) is 9.78 Å². The fourth-order valence-electron chi connectivity index (χ4n) is 3.21. The van der Waals surface area contributed by atoms with Crippen LogP contribution < -0.4 is 0 Å². The first kappa shape index (κ1) is 13.5. The van der Waals surface area contributed by atoms with E-state index >= 15 is 0 Å². The number of benzene rings is 1. The first-order valence-electron chi connectivity index (χ1n) is 7.46. The Bertz CT molecular complexity index is 850. The van der Waals surface area contributed by atoms with Gasteiger partial charge in [0.15, 0.2) is 0 Å². The molecule has 0 saturated heterocycles. The number of rotatable bonds is 1. The number of aromatic nitrogens is 1. The number of carbonyl (C=O) groups excluding carboxylic acids is 1. The van der Waals surface area contributed by atoms with E-state index in [1.54, 1.807) is 17.5 Å². The highest BCUT2D eigenvalue weighted by atomic mass is 32.1. The van der Waals surface area contributed by atoms with Gasteiger partial charge < -0.3 is 4.90 Å². The molecule has 1 amide bonds. The summed E-state index contributed by atoms with van der Waals surface area (Å²) in [5, 5.41) is 4.10. The number of thiophene rings is 1. The molecule has 3 aromatic rings. The molecule has 0 fully saturated rings. The minimum absolute atomic E-state index is 0.0288. The van der Waals surface area contributed by atoms with E-state index in [4.69, 9.17) is 0 Å². The zero-order chi connectivity index (χ0) is 15.1. The molecular weight excluding hydrogens is 292 g/mol. The number of carbonyl (C=O) groups is 1. The Balaban J connectivity index is 1.75. The van der Waals surface area contributed by atoms with Crippen LogP contribution in [0.2, 0.25) is 0 Å². The molecule has 0 spiro atoms. The van der Waals surface area contributed by atoms with Crippen molar-refractivity contribution in [2.45, 2.75) is 19.4 Å². The molecule has 1 aliphatic heterocycles. The predicted molar refractivity (Wildman–Crippen MR) is 89.2 cm³/mol. The quantitative estimate of drug-likeness (QED) is 0.679. The molecule has 1 aliphatic rings. The van der Waals surface area contributed by atoms with Crippen LogP contribution in [0.3, 0.4) is 0 Å². The number of amides is 1. The summed E-state index contributed by atoms with van der Waals surface area (Å²) < 4.78 is 0. The molecular formula is C18H16N2OS. The fourth-order valence-corrected chi connectivity index (χ4v) is 4.18. The van der Waals surface area contributed by atoms with E-state index in [0.29, 0.717) is 5.69 Å². The highest BCUT2D eigenvalue weighted by molar-refractivity contribution is 7.10. The summed E-state index contributed by atoms with van der Waals surface area (Å²) >= 11 is 1.79. The number of hydrogen-bond acceptors (Lipinski definition) is 3. The van der Waals surface area contributed by atoms with Crippen LogP contribution in [0.5, 0.6) is 0 Å². The van der Waals surface area contributed by atoms with Crippen molar-refractivity contribution in [1.82, 2.24) is 9.88 Å². The minimum Gasteiger partial charge on any atom is -0.330 e. The first-order chi connectivity index (χ1) is 10.8. The van der Waals surface area contributed by atoms with Crippen LogP contribution in [-0.4, -0.2) is 22.3 Å². The average Bonchev–Trinajstić information content (AvgIpc) is 3.04. The van der Waals surface area contributed by atoms with Crippen molar-refractivity contribution < 1.29 is 4.79 Å². The zero-order valence-electron chi connectivity index (χ0n) is 12.3. The summed E-state index contributed by atoms with van der Waals surface area (Å²) in [6.45, 7) is 2.87. The van der Waals surface area contributed by atoms with Gasteiger partial charge in [-0.05, 0) is 41.8 Å². The number of fused-ring (bicyclic) bond motifs is 2. The zero-order valence-corrected chi connectivity index (χ0v) is 13.1. The smallest absolute Gasteiger partial charge is 0.273 e. The van der Waals surface area contributed by atoms with Crippen LogP contribution in [0.15, 0.2) is 48.0 Å². The molecule has 0 N–H and O–H groups in total. The molecule has 0 unspecified atom stereocenters. The van der Waals surface area contributed by atoms with Crippen molar-refractivity contribution in [2.24, 2.45) is 0 Å². The van der Waals surface area contributed by atoms with Gasteiger partial charge >= 0.3 is 0 Å². The van der Waals surface area contributed by atoms with E-state index in [1.807, 2.05) is 35.2 Å². The predicted octanol–water partition coefficient (Wildman–Crippen LogP) is 4.06. The van der Waals surface area contributed by atoms with Gasteiger partial charge in [0, 0.05) is 23.0 Å². The Morgan fingerprint density at radius 2 is 2.14 bits per heavy atom. The maximum absolute atomic E-state index is 13.0. The molecule has 3 nitrogen and oxygen atoms in total. The number of hydrogen-bond donors (Lipinski definition) is 0. The summed E-state index contributed by atoms with van der Waals surface area (Å²) in [6, 6.07) is 12.1. The molecule has 0 radical (unpaired) electrons. The van der Waals surface area contributed by atoms with Gasteiger partial charge in [0.1, 0.15) is 5.69 Å². The van der Waals surface area contributed by atoms with Crippen LogP contribution in [-0.2, 0) is 6.42 Å². The minimum atomic E-state index is 0.0288. The molecule has 1 aromatic carbocycles. The molecule has 2 aromatic heterocycles. The summed E-state index contributed by atoms with van der Waals surface area (Å²) in [5.41, 5.74) is 1.84. The van der Waals surface area contributed by atoms with Gasteiger partial charge in [-0.2, -0.15) is 0 Å². The fraction of sp³-hybridized carbons (Fsp3) is 0.222. The van der Waals surface area contributed by atoms with Crippen LogP contribution in [0.1, 0.15) is 33.9 Å². The second-order valence-corrected chi connectivity index (χ2v) is 6.61. The molecule has 4 rings (SSSR count). The molecule has 4 heteroatoms. The van der Waals surface area contributed by atoms with Crippen molar-refractivity contribution in [3.05, 3.63) is 64.1 Å². The van der Waals surface area contributed by atoms with Crippen molar-refractivity contribution in [3.8, 4) is 0 Å². The highest BCUT2D eigenvalue weighted by Crippen LogP contribution is 2.34. The van der Waals surface area contributed by atoms with Crippen molar-refractivity contribution in [2.75, 3.05) is 6.54 Å². The largest absolute Gasteiger partial charge is 0.330 e. The van der Waals surface area contributed by atoms with Crippen molar-refractivity contribution in [1.29, 1.82) is 0 Å². The van der Waals surface area contributed by atoms with E-state index in [-0.39, 0.29) is 11.9 Å². The monoisotopic (exact) mass is 308 g/mol. The standard InChI is InChI=1S/C18H16N2OS/c1-12-14-8-11-22-16(14)7-10-20(12)18(21)17-15-5-3-2-4-13(15)6-9-19-17/h2-6,8-9,11-12H,7,10H2,1H3/t12-/m0/s1. The SMILES string of the molecule is C[C@H]1c2ccsc2CCN1C(=O)c1nccc2ccccc12. The molecule has 0 bridgehead atoms. The third kappa shape index (κ3) is 2.03. The van der Waals surface area contributed by atoms with E-state index in [0.717, 1.165) is 23.7 Å². The normalized spacial score (nSPS) is 17.5. The van der Waals surface area contributed by atoms with Gasteiger partial charge in [-0.1, -0.05) is 24.3 Å². The summed E-state index contributed by atoms with van der Waals surface area (Å²) in [7, 11) is 0. The molecule has 1 atom stereocenters. The van der Waals surface area contributed by atoms with Crippen molar-refractivity contribution in [3.63, 3.8) is 0 Å². The maximum atomic E-state index is 13.0. The number of nitrogens with zero attached hydrogens (tertiary/aromatic N) is 2. The lowest BCUT2D eigenvalue weighted by atomic mass is 10.0. The third-order valence-corrected chi connectivity index (χ3v) is 5.41. The van der Waals surface area contributed by atoms with E-state index in [9.17, 15) is 4.79 Å². The van der Waals surface area contributed by atoms with E-state index in [1.165, 1.54) is 10.4 Å². The lowest BCUT2D eigenvalue weighted by Crippen LogP contribution is -2.38. The van der Waals surface area contributed by atoms with E-state index in [2.05, 4.69) is 23.4 Å². The van der Waals surface area contributed by atoms with Gasteiger partial charge in [0.05, 0.1) is 6.04 Å². The Hall–Kier alpha value is -2.20. The Morgan fingerprint density at radius 3 is 3.05 bits per heavy atom. The highest BCUT2D eigenvalue weighted by Gasteiger charge is 2.30. The average molecular weight is 308 g/mol. The first-order valence-corrected chi connectivity index (χ1v) is 8.34. The van der Waals surface area contributed by atoms with Crippen LogP contribution >= 0.6 is 11.3 Å². The molecule has 22 heavy (non-hydrogen) atoms. The van der Waals surface area contributed by atoms with Crippen molar-refractivity contribution >= 4 is 28.0 Å². The maximum Gasteiger partial charge on any atom is 0.273 e. The molecule has 3 heterocycles. The van der Waals surface area contributed by atoms with E-state index < -0.39 is 0 Å². The summed E-state index contributed by atoms with van der Waals surface area (Å²) in [6.07, 6.45) is 2.66.